The molecule has 4 N–H and O–H groups in total. The molecule has 242 valence electrons. The Balaban J connectivity index is 0.000000224. The molecule has 0 spiro atoms. The molecule has 0 unspecified atom stereocenters. The highest BCUT2D eigenvalue weighted by Gasteiger charge is 2.20. The summed E-state index contributed by atoms with van der Waals surface area (Å²) in [5, 5.41) is 10.2. The quantitative estimate of drug-likeness (QED) is 0.228. The van der Waals surface area contributed by atoms with E-state index in [0.717, 1.165) is 61.3 Å². The van der Waals surface area contributed by atoms with E-state index >= 15 is 0 Å². The van der Waals surface area contributed by atoms with Crippen molar-refractivity contribution < 1.29 is 32.5 Å². The van der Waals surface area contributed by atoms with E-state index in [0.29, 0.717) is 28.6 Å². The van der Waals surface area contributed by atoms with Crippen LogP contribution in [0.3, 0.4) is 0 Å². The highest BCUT2D eigenvalue weighted by molar-refractivity contribution is 7.92. The highest BCUT2D eigenvalue weighted by Crippen LogP contribution is 2.37. The zero-order chi connectivity index (χ0) is 32.9. The number of nitrogen functional groups attached to an aromatic ring is 1. The Kier molecular flexibility index (Phi) is 10.3. The second kappa shape index (κ2) is 13.8. The number of carboxylic acids is 1. The van der Waals surface area contributed by atoms with Crippen LogP contribution >= 0.6 is 0 Å². The van der Waals surface area contributed by atoms with Gasteiger partial charge in [0.1, 0.15) is 11.4 Å². The SMILES string of the molecule is COc1c(N)cc(C(C)(C)C)cc1NS(C)(=O)=O.Cn1c(C(=O)O)cc2cccc(Oc3ccnc(CN4CCOCC4)c3)c21. The molecule has 1 saturated heterocycles. The molecule has 1 fully saturated rings. The molecule has 0 aliphatic carbocycles. The number of methoxy groups -OCH3 is 1. The number of nitrogens with two attached hydrogens (primary N) is 1. The number of benzene rings is 2. The Morgan fingerprint density at radius 1 is 1.13 bits per heavy atom. The van der Waals surface area contributed by atoms with E-state index in [9.17, 15) is 18.3 Å². The average molecular weight is 640 g/mol. The molecule has 0 bridgehead atoms. The summed E-state index contributed by atoms with van der Waals surface area (Å²) in [6, 6.07) is 14.5. The summed E-state index contributed by atoms with van der Waals surface area (Å²) in [6.45, 7) is 10.1. The van der Waals surface area contributed by atoms with Crippen LogP contribution in [-0.4, -0.2) is 73.6 Å². The standard InChI is InChI=1S/C20H21N3O4.C12H20N2O3S/c1-22-17(20(24)25)11-14-3-2-4-18(19(14)22)27-16-5-6-21-15(12-16)13-23-7-9-26-10-8-23;1-12(2,3)8-6-9(13)11(17-4)10(7-8)14-18(5,15)16/h2-6,11-12H,7-10,13H2,1H3,(H,24,25);6-7,14H,13H2,1-5H3. The van der Waals surface area contributed by atoms with Crippen molar-refractivity contribution in [2.75, 3.05) is 50.1 Å². The number of ether oxygens (including phenoxy) is 3. The lowest BCUT2D eigenvalue weighted by molar-refractivity contribution is 0.0336. The first-order valence-electron chi connectivity index (χ1n) is 14.4. The zero-order valence-corrected chi connectivity index (χ0v) is 27.3. The first-order chi connectivity index (χ1) is 21.2. The molecule has 3 heterocycles. The molecule has 0 saturated carbocycles. The monoisotopic (exact) mass is 639 g/mol. The number of morpholine rings is 1. The third-order valence-electron chi connectivity index (χ3n) is 7.23. The van der Waals surface area contributed by atoms with E-state index in [1.165, 1.54) is 7.11 Å². The maximum Gasteiger partial charge on any atom is 0.352 e. The fraction of sp³-hybridized carbons (Fsp3) is 0.375. The topological polar surface area (TPSA) is 158 Å². The van der Waals surface area contributed by atoms with E-state index < -0.39 is 16.0 Å². The van der Waals surface area contributed by atoms with Gasteiger partial charge in [0.05, 0.1) is 49.2 Å². The van der Waals surface area contributed by atoms with Gasteiger partial charge < -0.3 is 29.6 Å². The van der Waals surface area contributed by atoms with Crippen LogP contribution in [0.2, 0.25) is 0 Å². The molecule has 2 aromatic heterocycles. The van der Waals surface area contributed by atoms with Gasteiger partial charge in [-0.1, -0.05) is 32.9 Å². The number of nitrogens with zero attached hydrogens (tertiary/aromatic N) is 3. The van der Waals surface area contributed by atoms with Crippen LogP contribution in [0.25, 0.3) is 10.9 Å². The maximum atomic E-state index is 11.4. The second-order valence-corrected chi connectivity index (χ2v) is 13.6. The first-order valence-corrected chi connectivity index (χ1v) is 16.3. The van der Waals surface area contributed by atoms with E-state index in [4.69, 9.17) is 19.9 Å². The van der Waals surface area contributed by atoms with Crippen molar-refractivity contribution in [1.82, 2.24) is 14.5 Å². The number of pyridine rings is 1. The molecule has 4 aromatic rings. The Morgan fingerprint density at radius 3 is 2.47 bits per heavy atom. The van der Waals surface area contributed by atoms with Crippen LogP contribution in [0.1, 0.15) is 42.5 Å². The van der Waals surface area contributed by atoms with Crippen LogP contribution in [0.5, 0.6) is 17.2 Å². The van der Waals surface area contributed by atoms with E-state index in [1.54, 1.807) is 36.0 Å². The van der Waals surface area contributed by atoms with Crippen molar-refractivity contribution in [2.45, 2.75) is 32.7 Å². The number of carboxylic acid groups (broad SMARTS) is 1. The van der Waals surface area contributed by atoms with Crippen LogP contribution in [-0.2, 0) is 33.8 Å². The average Bonchev–Trinajstić information content (AvgIpc) is 3.30. The minimum absolute atomic E-state index is 0.131. The number of sulfonamides is 1. The van der Waals surface area contributed by atoms with E-state index in [2.05, 4.69) is 14.6 Å². The smallest absolute Gasteiger partial charge is 0.352 e. The number of hydrogen-bond acceptors (Lipinski definition) is 9. The lowest BCUT2D eigenvalue weighted by atomic mass is 9.86. The molecule has 2 aromatic carbocycles. The van der Waals surface area contributed by atoms with Gasteiger partial charge in [-0.05, 0) is 41.3 Å². The number of aromatic nitrogens is 2. The molecule has 12 nitrogen and oxygen atoms in total. The van der Waals surface area contributed by atoms with Gasteiger partial charge in [0.15, 0.2) is 11.5 Å². The lowest BCUT2D eigenvalue weighted by Crippen LogP contribution is -2.35. The van der Waals surface area contributed by atoms with Crippen molar-refractivity contribution in [3.05, 3.63) is 71.7 Å². The van der Waals surface area contributed by atoms with Gasteiger partial charge in [-0.3, -0.25) is 14.6 Å². The van der Waals surface area contributed by atoms with Gasteiger partial charge in [0.2, 0.25) is 10.0 Å². The molecule has 0 radical (unpaired) electrons. The third-order valence-corrected chi connectivity index (χ3v) is 7.82. The number of anilines is 2. The Bertz CT molecular complexity index is 1770. The van der Waals surface area contributed by atoms with Crippen molar-refractivity contribution in [3.8, 4) is 17.2 Å². The largest absolute Gasteiger partial charge is 0.492 e. The first kappa shape index (κ1) is 33.6. The second-order valence-electron chi connectivity index (χ2n) is 11.8. The summed E-state index contributed by atoms with van der Waals surface area (Å²) in [7, 11) is -0.189. The number of carbonyl (C=O) groups is 1. The van der Waals surface area contributed by atoms with E-state index in [1.807, 2.05) is 51.1 Å². The molecular formula is C32H41N5O7S. The number of rotatable bonds is 8. The Hall–Kier alpha value is -4.33. The van der Waals surface area contributed by atoms with Crippen molar-refractivity contribution in [1.29, 1.82) is 0 Å². The molecule has 1 aliphatic rings. The number of aryl methyl sites for hydroxylation is 1. The minimum atomic E-state index is -3.37. The summed E-state index contributed by atoms with van der Waals surface area (Å²) in [5.74, 6) is 0.676. The van der Waals surface area contributed by atoms with Crippen LogP contribution in [0, 0.1) is 0 Å². The number of nitrogens with one attached hydrogen (secondary N) is 1. The summed E-state index contributed by atoms with van der Waals surface area (Å²) in [5.41, 5.74) is 9.38. The van der Waals surface area contributed by atoms with Gasteiger partial charge in [-0.15, -0.1) is 0 Å². The van der Waals surface area contributed by atoms with Gasteiger partial charge in [0.25, 0.3) is 0 Å². The zero-order valence-electron chi connectivity index (χ0n) is 26.5. The molecular weight excluding hydrogens is 598 g/mol. The molecule has 13 heteroatoms. The van der Waals surface area contributed by atoms with Crippen LogP contribution in [0.15, 0.2) is 54.7 Å². The fourth-order valence-corrected chi connectivity index (χ4v) is 5.53. The van der Waals surface area contributed by atoms with Crippen molar-refractivity contribution in [3.63, 3.8) is 0 Å². The van der Waals surface area contributed by atoms with E-state index in [-0.39, 0.29) is 11.1 Å². The Labute approximate surface area is 263 Å². The predicted octanol–water partition coefficient (Wildman–Crippen LogP) is 4.84. The summed E-state index contributed by atoms with van der Waals surface area (Å²) in [4.78, 5) is 18.1. The molecule has 45 heavy (non-hydrogen) atoms. The molecule has 5 rings (SSSR count). The predicted molar refractivity (Wildman–Crippen MR) is 175 cm³/mol. The van der Waals surface area contributed by atoms with Gasteiger partial charge in [0, 0.05) is 44.3 Å². The molecule has 1 aliphatic heterocycles. The van der Waals surface area contributed by atoms with Gasteiger partial charge in [-0.25, -0.2) is 13.2 Å². The Morgan fingerprint density at radius 2 is 1.84 bits per heavy atom. The maximum absolute atomic E-state index is 11.4. The normalized spacial score (nSPS) is 14.0. The number of hydrogen-bond donors (Lipinski definition) is 3. The third kappa shape index (κ3) is 8.65. The molecule has 0 atom stereocenters. The minimum Gasteiger partial charge on any atom is -0.492 e. The highest BCUT2D eigenvalue weighted by atomic mass is 32.2. The van der Waals surface area contributed by atoms with Gasteiger partial charge in [-0.2, -0.15) is 0 Å². The summed E-state index contributed by atoms with van der Waals surface area (Å²) >= 11 is 0. The lowest BCUT2D eigenvalue weighted by Gasteiger charge is -2.26. The van der Waals surface area contributed by atoms with Crippen LogP contribution < -0.4 is 19.9 Å². The summed E-state index contributed by atoms with van der Waals surface area (Å²) in [6.07, 6.45) is 2.82. The number of fused-ring (bicyclic) bond motifs is 1. The van der Waals surface area contributed by atoms with Crippen molar-refractivity contribution >= 4 is 38.3 Å². The summed E-state index contributed by atoms with van der Waals surface area (Å²) < 4.78 is 43.3. The number of aromatic carboxylic acids is 1. The van der Waals surface area contributed by atoms with Gasteiger partial charge >= 0.3 is 5.97 Å². The van der Waals surface area contributed by atoms with Crippen molar-refractivity contribution in [2.24, 2.45) is 7.05 Å². The fourth-order valence-electron chi connectivity index (χ4n) is 4.98. The number of para-hydroxylation sites is 1. The van der Waals surface area contributed by atoms with Crippen LogP contribution in [0.4, 0.5) is 11.4 Å². The molecule has 0 amide bonds.